The van der Waals surface area contributed by atoms with Crippen molar-refractivity contribution in [3.8, 4) is 0 Å². The van der Waals surface area contributed by atoms with E-state index in [-0.39, 0.29) is 0 Å². The van der Waals surface area contributed by atoms with E-state index in [0.717, 1.165) is 13.1 Å². The Bertz CT molecular complexity index is 163. The van der Waals surface area contributed by atoms with Gasteiger partial charge in [0.1, 0.15) is 0 Å². The van der Waals surface area contributed by atoms with Crippen molar-refractivity contribution in [1.29, 1.82) is 0 Å². The summed E-state index contributed by atoms with van der Waals surface area (Å²) < 4.78 is 5.80. The SMILES string of the molecule is CC1CCC(CN(CCCl)C(C)C)O1. The van der Waals surface area contributed by atoms with Gasteiger partial charge in [0.2, 0.25) is 0 Å². The van der Waals surface area contributed by atoms with Crippen LogP contribution in [0.15, 0.2) is 0 Å². The molecule has 0 N–H and O–H groups in total. The number of nitrogens with zero attached hydrogens (tertiary/aromatic N) is 1. The van der Waals surface area contributed by atoms with Gasteiger partial charge in [-0.15, -0.1) is 11.6 Å². The first-order valence-corrected chi connectivity index (χ1v) is 6.12. The highest BCUT2D eigenvalue weighted by molar-refractivity contribution is 6.18. The number of halogens is 1. The van der Waals surface area contributed by atoms with Crippen LogP contribution in [-0.2, 0) is 4.74 Å². The Morgan fingerprint density at radius 3 is 2.57 bits per heavy atom. The van der Waals surface area contributed by atoms with Gasteiger partial charge in [-0.05, 0) is 33.6 Å². The molecule has 3 heteroatoms. The molecule has 1 fully saturated rings. The second kappa shape index (κ2) is 5.94. The summed E-state index contributed by atoms with van der Waals surface area (Å²) in [5, 5.41) is 0. The van der Waals surface area contributed by atoms with Crippen LogP contribution in [0.3, 0.4) is 0 Å². The lowest BCUT2D eigenvalue weighted by molar-refractivity contribution is 0.0263. The van der Waals surface area contributed by atoms with Crippen LogP contribution >= 0.6 is 11.6 Å². The number of hydrogen-bond donors (Lipinski definition) is 0. The predicted octanol–water partition coefficient (Wildman–Crippen LogP) is 2.50. The van der Waals surface area contributed by atoms with Gasteiger partial charge in [-0.3, -0.25) is 4.90 Å². The molecule has 1 aliphatic heterocycles. The third kappa shape index (κ3) is 3.76. The van der Waals surface area contributed by atoms with Crippen molar-refractivity contribution in [2.24, 2.45) is 0 Å². The van der Waals surface area contributed by atoms with Crippen LogP contribution in [0.2, 0.25) is 0 Å². The Hall–Kier alpha value is 0.210. The van der Waals surface area contributed by atoms with Crippen LogP contribution in [0.1, 0.15) is 33.6 Å². The largest absolute Gasteiger partial charge is 0.374 e. The third-order valence-corrected chi connectivity index (χ3v) is 3.03. The minimum Gasteiger partial charge on any atom is -0.374 e. The van der Waals surface area contributed by atoms with Crippen molar-refractivity contribution >= 4 is 11.6 Å². The zero-order valence-corrected chi connectivity index (χ0v) is 10.3. The fraction of sp³-hybridized carbons (Fsp3) is 1.00. The standard InChI is InChI=1S/C11H22ClNO/c1-9(2)13(7-6-12)8-11-5-4-10(3)14-11/h9-11H,4-8H2,1-3H3. The summed E-state index contributed by atoms with van der Waals surface area (Å²) in [5.41, 5.74) is 0. The molecule has 2 unspecified atom stereocenters. The molecule has 84 valence electrons. The van der Waals surface area contributed by atoms with E-state index in [2.05, 4.69) is 25.7 Å². The third-order valence-electron chi connectivity index (χ3n) is 2.86. The highest BCUT2D eigenvalue weighted by Crippen LogP contribution is 2.20. The molecule has 1 saturated heterocycles. The maximum Gasteiger partial charge on any atom is 0.0706 e. The monoisotopic (exact) mass is 219 g/mol. The van der Waals surface area contributed by atoms with Gasteiger partial charge in [0.15, 0.2) is 0 Å². The van der Waals surface area contributed by atoms with Crippen LogP contribution in [0, 0.1) is 0 Å². The van der Waals surface area contributed by atoms with Gasteiger partial charge < -0.3 is 4.74 Å². The normalized spacial score (nSPS) is 27.9. The molecule has 0 saturated carbocycles. The predicted molar refractivity (Wildman–Crippen MR) is 61.0 cm³/mol. The van der Waals surface area contributed by atoms with E-state index >= 15 is 0 Å². The number of hydrogen-bond acceptors (Lipinski definition) is 2. The van der Waals surface area contributed by atoms with E-state index in [0.29, 0.717) is 24.1 Å². The van der Waals surface area contributed by atoms with Gasteiger partial charge >= 0.3 is 0 Å². The molecule has 2 nitrogen and oxygen atoms in total. The summed E-state index contributed by atoms with van der Waals surface area (Å²) in [7, 11) is 0. The molecule has 2 atom stereocenters. The topological polar surface area (TPSA) is 12.5 Å². The highest BCUT2D eigenvalue weighted by atomic mass is 35.5. The van der Waals surface area contributed by atoms with Crippen molar-refractivity contribution in [3.05, 3.63) is 0 Å². The zero-order valence-electron chi connectivity index (χ0n) is 9.50. The average Bonchev–Trinajstić information content (AvgIpc) is 2.50. The lowest BCUT2D eigenvalue weighted by Crippen LogP contribution is -2.38. The first kappa shape index (κ1) is 12.3. The molecule has 0 aromatic rings. The van der Waals surface area contributed by atoms with Crippen molar-refractivity contribution in [2.75, 3.05) is 19.0 Å². The van der Waals surface area contributed by atoms with Crippen LogP contribution in [0.25, 0.3) is 0 Å². The quantitative estimate of drug-likeness (QED) is 0.659. The molecule has 0 amide bonds. The first-order valence-electron chi connectivity index (χ1n) is 5.59. The van der Waals surface area contributed by atoms with Gasteiger partial charge in [-0.2, -0.15) is 0 Å². The van der Waals surface area contributed by atoms with Crippen molar-refractivity contribution in [2.45, 2.75) is 51.9 Å². The van der Waals surface area contributed by atoms with Crippen LogP contribution in [-0.4, -0.2) is 42.1 Å². The Morgan fingerprint density at radius 2 is 2.14 bits per heavy atom. The molecule has 0 radical (unpaired) electrons. The summed E-state index contributed by atoms with van der Waals surface area (Å²) in [6, 6.07) is 0.563. The summed E-state index contributed by atoms with van der Waals surface area (Å²) in [6.07, 6.45) is 3.28. The fourth-order valence-corrected chi connectivity index (χ4v) is 2.17. The van der Waals surface area contributed by atoms with E-state index in [1.54, 1.807) is 0 Å². The molecule has 0 aromatic heterocycles. The van der Waals surface area contributed by atoms with Crippen LogP contribution in [0.5, 0.6) is 0 Å². The summed E-state index contributed by atoms with van der Waals surface area (Å²) in [5.74, 6) is 0.709. The van der Waals surface area contributed by atoms with E-state index in [9.17, 15) is 0 Å². The van der Waals surface area contributed by atoms with Crippen LogP contribution in [0.4, 0.5) is 0 Å². The van der Waals surface area contributed by atoms with Crippen molar-refractivity contribution in [1.82, 2.24) is 4.90 Å². The summed E-state index contributed by atoms with van der Waals surface area (Å²) >= 11 is 5.77. The lowest BCUT2D eigenvalue weighted by Gasteiger charge is -2.28. The Kier molecular flexibility index (Phi) is 5.21. The van der Waals surface area contributed by atoms with Gasteiger partial charge in [0.05, 0.1) is 12.2 Å². The van der Waals surface area contributed by atoms with Gasteiger partial charge in [0, 0.05) is 25.0 Å². The second-order valence-corrected chi connectivity index (χ2v) is 4.80. The lowest BCUT2D eigenvalue weighted by atomic mass is 10.2. The maximum absolute atomic E-state index is 5.80. The fourth-order valence-electron chi connectivity index (χ4n) is 1.95. The molecular weight excluding hydrogens is 198 g/mol. The smallest absolute Gasteiger partial charge is 0.0706 e. The minimum absolute atomic E-state index is 0.426. The molecule has 0 spiro atoms. The molecule has 1 heterocycles. The summed E-state index contributed by atoms with van der Waals surface area (Å²) in [4.78, 5) is 2.40. The molecule has 0 aromatic carbocycles. The zero-order chi connectivity index (χ0) is 10.6. The molecule has 1 rings (SSSR count). The Balaban J connectivity index is 2.31. The van der Waals surface area contributed by atoms with E-state index in [4.69, 9.17) is 16.3 Å². The van der Waals surface area contributed by atoms with E-state index in [1.165, 1.54) is 12.8 Å². The van der Waals surface area contributed by atoms with Gasteiger partial charge in [0.25, 0.3) is 0 Å². The number of rotatable bonds is 5. The molecular formula is C11H22ClNO. The minimum atomic E-state index is 0.426. The molecule has 0 aliphatic carbocycles. The Morgan fingerprint density at radius 1 is 1.43 bits per heavy atom. The van der Waals surface area contributed by atoms with Gasteiger partial charge in [-0.1, -0.05) is 0 Å². The average molecular weight is 220 g/mol. The second-order valence-electron chi connectivity index (χ2n) is 4.42. The first-order chi connectivity index (χ1) is 6.63. The summed E-state index contributed by atoms with van der Waals surface area (Å²) in [6.45, 7) is 8.58. The molecule has 1 aliphatic rings. The van der Waals surface area contributed by atoms with E-state index in [1.807, 2.05) is 0 Å². The number of ether oxygens (including phenoxy) is 1. The van der Waals surface area contributed by atoms with Crippen molar-refractivity contribution in [3.63, 3.8) is 0 Å². The molecule has 0 bridgehead atoms. The number of alkyl halides is 1. The maximum atomic E-state index is 5.80. The Labute approximate surface area is 92.6 Å². The van der Waals surface area contributed by atoms with Gasteiger partial charge in [-0.25, -0.2) is 0 Å². The van der Waals surface area contributed by atoms with E-state index < -0.39 is 0 Å². The molecule has 14 heavy (non-hydrogen) atoms. The van der Waals surface area contributed by atoms with Crippen LogP contribution < -0.4 is 0 Å². The highest BCUT2D eigenvalue weighted by Gasteiger charge is 2.24. The van der Waals surface area contributed by atoms with Crippen molar-refractivity contribution < 1.29 is 4.74 Å².